The van der Waals surface area contributed by atoms with Crippen LogP contribution in [0, 0.1) is 12.8 Å². The van der Waals surface area contributed by atoms with Gasteiger partial charge in [-0.1, -0.05) is 32.0 Å². The lowest BCUT2D eigenvalue weighted by atomic mass is 10.2. The van der Waals surface area contributed by atoms with E-state index in [-0.39, 0.29) is 0 Å². The van der Waals surface area contributed by atoms with Crippen LogP contribution in [0.2, 0.25) is 0 Å². The van der Waals surface area contributed by atoms with E-state index in [0.29, 0.717) is 5.92 Å². The number of aryl methyl sites for hydroxylation is 1. The van der Waals surface area contributed by atoms with Gasteiger partial charge in [-0.25, -0.2) is 5.43 Å². The molecule has 0 spiro atoms. The van der Waals surface area contributed by atoms with Gasteiger partial charge in [0.05, 0.1) is 5.69 Å². The van der Waals surface area contributed by atoms with E-state index < -0.39 is 0 Å². The quantitative estimate of drug-likeness (QED) is 0.692. The van der Waals surface area contributed by atoms with Crippen LogP contribution in [-0.2, 0) is 0 Å². The minimum absolute atomic E-state index is 0.663. The van der Waals surface area contributed by atoms with Gasteiger partial charge in [-0.15, -0.1) is 0 Å². The zero-order valence-electron chi connectivity index (χ0n) is 8.59. The number of hydrogen-bond acceptors (Lipinski definition) is 2. The molecule has 0 radical (unpaired) electrons. The third kappa shape index (κ3) is 3.47. The molecule has 0 saturated heterocycles. The average Bonchev–Trinajstić information content (AvgIpc) is 2.08. The maximum atomic E-state index is 3.19. The lowest BCUT2D eigenvalue weighted by Gasteiger charge is -2.11. The first-order valence-corrected chi connectivity index (χ1v) is 4.74. The first-order chi connectivity index (χ1) is 6.20. The zero-order chi connectivity index (χ0) is 9.68. The molecule has 0 bridgehead atoms. The van der Waals surface area contributed by atoms with E-state index in [1.54, 1.807) is 0 Å². The number of rotatable bonds is 4. The molecule has 0 aliphatic rings. The molecule has 0 aromatic heterocycles. The predicted octanol–water partition coefficient (Wildman–Crippen LogP) is 2.57. The molecule has 0 fully saturated rings. The minimum Gasteiger partial charge on any atom is -0.321 e. The van der Waals surface area contributed by atoms with Crippen molar-refractivity contribution in [2.24, 2.45) is 5.92 Å². The number of hydrogen-bond donors (Lipinski definition) is 2. The molecule has 0 aliphatic heterocycles. The van der Waals surface area contributed by atoms with Crippen molar-refractivity contribution in [3.05, 3.63) is 29.8 Å². The maximum absolute atomic E-state index is 3.19. The van der Waals surface area contributed by atoms with E-state index in [0.717, 1.165) is 12.2 Å². The Morgan fingerprint density at radius 3 is 2.54 bits per heavy atom. The van der Waals surface area contributed by atoms with Gasteiger partial charge in [-0.2, -0.15) is 0 Å². The summed E-state index contributed by atoms with van der Waals surface area (Å²) in [5.74, 6) is 0.663. The highest BCUT2D eigenvalue weighted by atomic mass is 15.4. The fourth-order valence-corrected chi connectivity index (χ4v) is 1.06. The summed E-state index contributed by atoms with van der Waals surface area (Å²) in [6.07, 6.45) is 0. The van der Waals surface area contributed by atoms with Gasteiger partial charge in [-0.05, 0) is 24.5 Å². The van der Waals surface area contributed by atoms with Gasteiger partial charge in [0, 0.05) is 6.54 Å². The van der Waals surface area contributed by atoms with E-state index in [4.69, 9.17) is 0 Å². The van der Waals surface area contributed by atoms with Gasteiger partial charge in [0.2, 0.25) is 0 Å². The Hall–Kier alpha value is -1.02. The van der Waals surface area contributed by atoms with Crippen molar-refractivity contribution in [3.63, 3.8) is 0 Å². The van der Waals surface area contributed by atoms with Gasteiger partial charge >= 0.3 is 0 Å². The van der Waals surface area contributed by atoms with Crippen LogP contribution in [0.25, 0.3) is 0 Å². The molecule has 2 N–H and O–H groups in total. The third-order valence-corrected chi connectivity index (χ3v) is 1.88. The van der Waals surface area contributed by atoms with E-state index >= 15 is 0 Å². The highest BCUT2D eigenvalue weighted by Gasteiger charge is 1.95. The van der Waals surface area contributed by atoms with Crippen molar-refractivity contribution in [1.29, 1.82) is 0 Å². The second-order valence-electron chi connectivity index (χ2n) is 3.71. The van der Waals surface area contributed by atoms with E-state index in [1.807, 2.05) is 12.1 Å². The Balaban J connectivity index is 2.41. The average molecular weight is 178 g/mol. The largest absolute Gasteiger partial charge is 0.321 e. The van der Waals surface area contributed by atoms with Crippen molar-refractivity contribution in [2.45, 2.75) is 20.8 Å². The van der Waals surface area contributed by atoms with Crippen LogP contribution >= 0.6 is 0 Å². The summed E-state index contributed by atoms with van der Waals surface area (Å²) in [6, 6.07) is 8.25. The Morgan fingerprint density at radius 1 is 1.23 bits per heavy atom. The van der Waals surface area contributed by atoms with Crippen molar-refractivity contribution < 1.29 is 0 Å². The lowest BCUT2D eigenvalue weighted by molar-refractivity contribution is 0.591. The van der Waals surface area contributed by atoms with Crippen molar-refractivity contribution in [1.82, 2.24) is 5.43 Å². The number of benzene rings is 1. The van der Waals surface area contributed by atoms with Crippen LogP contribution in [0.3, 0.4) is 0 Å². The van der Waals surface area contributed by atoms with E-state index in [9.17, 15) is 0 Å². The fraction of sp³-hybridized carbons (Fsp3) is 0.455. The summed E-state index contributed by atoms with van der Waals surface area (Å²) in [5.41, 5.74) is 8.80. The summed E-state index contributed by atoms with van der Waals surface area (Å²) in [6.45, 7) is 7.45. The molecule has 0 amide bonds. The van der Waals surface area contributed by atoms with Crippen molar-refractivity contribution in [2.75, 3.05) is 12.0 Å². The predicted molar refractivity (Wildman–Crippen MR) is 57.6 cm³/mol. The molecule has 0 heterocycles. The van der Waals surface area contributed by atoms with E-state index in [2.05, 4.69) is 43.8 Å². The molecule has 13 heavy (non-hydrogen) atoms. The summed E-state index contributed by atoms with van der Waals surface area (Å²) in [7, 11) is 0. The Kier molecular flexibility index (Phi) is 3.77. The molecule has 0 unspecified atom stereocenters. The van der Waals surface area contributed by atoms with Gasteiger partial charge in [-0.3, -0.25) is 0 Å². The first-order valence-electron chi connectivity index (χ1n) is 4.74. The molecular formula is C11H18N2. The SMILES string of the molecule is Cc1ccccc1NNCC(C)C. The van der Waals surface area contributed by atoms with Crippen molar-refractivity contribution in [3.8, 4) is 0 Å². The highest BCUT2D eigenvalue weighted by Crippen LogP contribution is 2.11. The van der Waals surface area contributed by atoms with Gasteiger partial charge in [0.15, 0.2) is 0 Å². The monoisotopic (exact) mass is 178 g/mol. The summed E-state index contributed by atoms with van der Waals surface area (Å²) < 4.78 is 0. The molecule has 72 valence electrons. The van der Waals surface area contributed by atoms with Crippen LogP contribution in [-0.4, -0.2) is 6.54 Å². The smallest absolute Gasteiger partial charge is 0.0516 e. The Bertz CT molecular complexity index is 256. The molecule has 2 heteroatoms. The van der Waals surface area contributed by atoms with Crippen molar-refractivity contribution >= 4 is 5.69 Å². The van der Waals surface area contributed by atoms with Crippen LogP contribution in [0.5, 0.6) is 0 Å². The molecule has 0 atom stereocenters. The topological polar surface area (TPSA) is 24.1 Å². The molecular weight excluding hydrogens is 160 g/mol. The second kappa shape index (κ2) is 4.87. The van der Waals surface area contributed by atoms with Crippen LogP contribution in [0.1, 0.15) is 19.4 Å². The number of para-hydroxylation sites is 1. The maximum Gasteiger partial charge on any atom is 0.0516 e. The van der Waals surface area contributed by atoms with Gasteiger partial charge in [0.25, 0.3) is 0 Å². The van der Waals surface area contributed by atoms with Gasteiger partial charge in [0.1, 0.15) is 0 Å². The van der Waals surface area contributed by atoms with Gasteiger partial charge < -0.3 is 5.43 Å². The molecule has 2 nitrogen and oxygen atoms in total. The summed E-state index contributed by atoms with van der Waals surface area (Å²) in [4.78, 5) is 0. The molecule has 1 aromatic rings. The number of anilines is 1. The Labute approximate surface area is 80.3 Å². The normalized spacial score (nSPS) is 10.5. The number of hydrazine groups is 1. The minimum atomic E-state index is 0.663. The first kappa shape index (κ1) is 10.1. The Morgan fingerprint density at radius 2 is 1.92 bits per heavy atom. The van der Waals surface area contributed by atoms with Crippen LogP contribution in [0.4, 0.5) is 5.69 Å². The highest BCUT2D eigenvalue weighted by molar-refractivity contribution is 5.49. The van der Waals surface area contributed by atoms with Crippen LogP contribution in [0.15, 0.2) is 24.3 Å². The van der Waals surface area contributed by atoms with E-state index in [1.165, 1.54) is 5.56 Å². The summed E-state index contributed by atoms with van der Waals surface area (Å²) in [5, 5.41) is 0. The molecule has 0 saturated carbocycles. The zero-order valence-corrected chi connectivity index (χ0v) is 8.59. The third-order valence-electron chi connectivity index (χ3n) is 1.88. The molecule has 1 rings (SSSR count). The molecule has 1 aromatic carbocycles. The summed E-state index contributed by atoms with van der Waals surface area (Å²) >= 11 is 0. The molecule has 0 aliphatic carbocycles. The number of nitrogens with one attached hydrogen (secondary N) is 2. The standard InChI is InChI=1S/C11H18N2/c1-9(2)8-12-13-11-7-5-4-6-10(11)3/h4-7,9,12-13H,8H2,1-3H3. The second-order valence-corrected chi connectivity index (χ2v) is 3.71. The fourth-order valence-electron chi connectivity index (χ4n) is 1.06. The lowest BCUT2D eigenvalue weighted by Crippen LogP contribution is -2.26. The van der Waals surface area contributed by atoms with Crippen LogP contribution < -0.4 is 10.9 Å².